The summed E-state index contributed by atoms with van der Waals surface area (Å²) >= 11 is 1.64. The van der Waals surface area contributed by atoms with Crippen molar-refractivity contribution < 1.29 is 8.42 Å². The topological polar surface area (TPSA) is 49.2 Å². The van der Waals surface area contributed by atoms with Crippen molar-refractivity contribution in [3.05, 3.63) is 35.2 Å². The van der Waals surface area contributed by atoms with Crippen molar-refractivity contribution in [3.8, 4) is 0 Å². The van der Waals surface area contributed by atoms with Crippen LogP contribution in [-0.2, 0) is 16.8 Å². The molecule has 0 saturated carbocycles. The van der Waals surface area contributed by atoms with Gasteiger partial charge in [-0.05, 0) is 22.4 Å². The number of hydrogen-bond donors (Lipinski definition) is 1. The molecule has 1 aliphatic rings. The van der Waals surface area contributed by atoms with Gasteiger partial charge in [-0.3, -0.25) is 0 Å². The van der Waals surface area contributed by atoms with Gasteiger partial charge in [-0.2, -0.15) is 17.4 Å². The van der Waals surface area contributed by atoms with Crippen molar-refractivity contribution in [1.82, 2.24) is 9.03 Å². The fourth-order valence-corrected chi connectivity index (χ4v) is 3.76. The summed E-state index contributed by atoms with van der Waals surface area (Å²) in [6, 6.07) is 8.02. The summed E-state index contributed by atoms with van der Waals surface area (Å²) in [5.74, 6) is 0. The van der Waals surface area contributed by atoms with Gasteiger partial charge in [-0.1, -0.05) is 18.2 Å². The molecule has 0 aliphatic carbocycles. The second kappa shape index (κ2) is 4.06. The smallest absolute Gasteiger partial charge is 0.198 e. The van der Waals surface area contributed by atoms with Crippen LogP contribution < -0.4 is 4.72 Å². The lowest BCUT2D eigenvalue weighted by Crippen LogP contribution is -2.29. The summed E-state index contributed by atoms with van der Waals surface area (Å²) < 4.78 is 28.5. The third-order valence-corrected chi connectivity index (χ3v) is 5.32. The number of thiophene rings is 1. The Kier molecular flexibility index (Phi) is 2.67. The Balaban J connectivity index is 1.81. The molecule has 17 heavy (non-hydrogen) atoms. The number of hydrogen-bond acceptors (Lipinski definition) is 3. The monoisotopic (exact) mass is 268 g/mol. The van der Waals surface area contributed by atoms with Gasteiger partial charge in [0.2, 0.25) is 0 Å². The summed E-state index contributed by atoms with van der Waals surface area (Å²) in [7, 11) is -3.24. The zero-order chi connectivity index (χ0) is 11.9. The van der Waals surface area contributed by atoms with E-state index in [2.05, 4.69) is 4.72 Å². The molecule has 1 fully saturated rings. The number of rotatable bonds is 4. The minimum atomic E-state index is -3.24. The standard InChI is InChI=1S/C11H12N2O2S2/c14-17(15,13-5-6-13)12-7-9-8-16-11-4-2-1-3-10(9)11/h1-4,8,12H,5-7H2. The molecule has 3 rings (SSSR count). The predicted molar refractivity (Wildman–Crippen MR) is 69.2 cm³/mol. The van der Waals surface area contributed by atoms with Gasteiger partial charge in [-0.15, -0.1) is 11.3 Å². The van der Waals surface area contributed by atoms with Crippen molar-refractivity contribution in [1.29, 1.82) is 0 Å². The van der Waals surface area contributed by atoms with Crippen molar-refractivity contribution in [3.63, 3.8) is 0 Å². The number of nitrogens with one attached hydrogen (secondary N) is 1. The lowest BCUT2D eigenvalue weighted by Gasteiger charge is -2.05. The molecule has 90 valence electrons. The molecule has 0 spiro atoms. The molecule has 1 aromatic carbocycles. The molecule has 2 heterocycles. The highest BCUT2D eigenvalue weighted by Gasteiger charge is 2.31. The fraction of sp³-hybridized carbons (Fsp3) is 0.273. The van der Waals surface area contributed by atoms with Crippen molar-refractivity contribution >= 4 is 31.6 Å². The Labute approximate surface area is 104 Å². The third-order valence-electron chi connectivity index (χ3n) is 2.75. The predicted octanol–water partition coefficient (Wildman–Crippen LogP) is 1.55. The Morgan fingerprint density at radius 1 is 1.29 bits per heavy atom. The van der Waals surface area contributed by atoms with E-state index in [4.69, 9.17) is 0 Å². The van der Waals surface area contributed by atoms with Crippen molar-refractivity contribution in [2.75, 3.05) is 13.1 Å². The first-order valence-corrected chi connectivity index (χ1v) is 7.69. The van der Waals surface area contributed by atoms with Crippen LogP contribution in [-0.4, -0.2) is 25.8 Å². The van der Waals surface area contributed by atoms with Gasteiger partial charge in [0.1, 0.15) is 0 Å². The largest absolute Gasteiger partial charge is 0.279 e. The summed E-state index contributed by atoms with van der Waals surface area (Å²) in [4.78, 5) is 0. The summed E-state index contributed by atoms with van der Waals surface area (Å²) in [6.45, 7) is 1.64. The highest BCUT2D eigenvalue weighted by atomic mass is 32.2. The van der Waals surface area contributed by atoms with Gasteiger partial charge < -0.3 is 0 Å². The Bertz CT molecular complexity index is 644. The van der Waals surface area contributed by atoms with E-state index < -0.39 is 10.2 Å². The van der Waals surface area contributed by atoms with E-state index in [0.29, 0.717) is 19.6 Å². The average molecular weight is 268 g/mol. The zero-order valence-corrected chi connectivity index (χ0v) is 10.7. The molecule has 1 N–H and O–H groups in total. The molecule has 0 radical (unpaired) electrons. The second-order valence-corrected chi connectivity index (χ2v) is 6.65. The van der Waals surface area contributed by atoms with Gasteiger partial charge in [0.25, 0.3) is 10.2 Å². The Morgan fingerprint density at radius 3 is 2.82 bits per heavy atom. The highest BCUT2D eigenvalue weighted by molar-refractivity contribution is 7.87. The van der Waals surface area contributed by atoms with E-state index >= 15 is 0 Å². The Hall–Kier alpha value is -0.950. The third kappa shape index (κ3) is 2.21. The van der Waals surface area contributed by atoms with Gasteiger partial charge in [0.05, 0.1) is 0 Å². The molecule has 0 unspecified atom stereocenters. The summed E-state index contributed by atoms with van der Waals surface area (Å²) in [6.07, 6.45) is 0. The number of nitrogens with zero attached hydrogens (tertiary/aromatic N) is 1. The SMILES string of the molecule is O=S(=O)(NCc1csc2ccccc12)N1CC1. The lowest BCUT2D eigenvalue weighted by molar-refractivity contribution is 0.547. The van der Waals surface area contributed by atoms with Gasteiger partial charge in [0, 0.05) is 24.3 Å². The van der Waals surface area contributed by atoms with Crippen LogP contribution in [0, 0.1) is 0 Å². The van der Waals surface area contributed by atoms with Crippen LogP contribution in [0.4, 0.5) is 0 Å². The summed E-state index contributed by atoms with van der Waals surface area (Å²) in [5, 5.41) is 3.14. The minimum Gasteiger partial charge on any atom is -0.198 e. The van der Waals surface area contributed by atoms with E-state index in [9.17, 15) is 8.42 Å². The first-order chi connectivity index (χ1) is 8.17. The molecule has 4 nitrogen and oxygen atoms in total. The Morgan fingerprint density at radius 2 is 2.06 bits per heavy atom. The zero-order valence-electron chi connectivity index (χ0n) is 9.09. The van der Waals surface area contributed by atoms with Crippen LogP contribution in [0.25, 0.3) is 10.1 Å². The van der Waals surface area contributed by atoms with Crippen LogP contribution in [0.2, 0.25) is 0 Å². The molecule has 1 aliphatic heterocycles. The number of benzene rings is 1. The second-order valence-electron chi connectivity index (χ2n) is 3.98. The van der Waals surface area contributed by atoms with E-state index in [-0.39, 0.29) is 0 Å². The maximum absolute atomic E-state index is 11.6. The number of fused-ring (bicyclic) bond motifs is 1. The molecular formula is C11H12N2O2S2. The van der Waals surface area contributed by atoms with Crippen LogP contribution in [0.1, 0.15) is 5.56 Å². The minimum absolute atomic E-state index is 0.364. The molecule has 1 aromatic heterocycles. The molecular weight excluding hydrogens is 256 g/mol. The molecule has 6 heteroatoms. The van der Waals surface area contributed by atoms with Crippen LogP contribution >= 0.6 is 11.3 Å². The van der Waals surface area contributed by atoms with E-state index in [1.165, 1.54) is 9.01 Å². The first-order valence-electron chi connectivity index (χ1n) is 5.37. The maximum atomic E-state index is 11.6. The van der Waals surface area contributed by atoms with Gasteiger partial charge >= 0.3 is 0 Å². The lowest BCUT2D eigenvalue weighted by atomic mass is 10.2. The van der Waals surface area contributed by atoms with Gasteiger partial charge in [-0.25, -0.2) is 0 Å². The average Bonchev–Trinajstić information content (AvgIpc) is 3.09. The van der Waals surface area contributed by atoms with Crippen molar-refractivity contribution in [2.45, 2.75) is 6.54 Å². The molecule has 2 aromatic rings. The molecule has 0 amide bonds. The summed E-state index contributed by atoms with van der Waals surface area (Å²) in [5.41, 5.74) is 1.04. The van der Waals surface area contributed by atoms with Gasteiger partial charge in [0.15, 0.2) is 0 Å². The normalized spacial score (nSPS) is 16.5. The molecule has 0 atom stereocenters. The van der Waals surface area contributed by atoms with Crippen LogP contribution in [0.5, 0.6) is 0 Å². The van der Waals surface area contributed by atoms with E-state index in [0.717, 1.165) is 10.9 Å². The maximum Gasteiger partial charge on any atom is 0.279 e. The van der Waals surface area contributed by atoms with E-state index in [1.807, 2.05) is 29.6 Å². The fourth-order valence-electron chi connectivity index (χ4n) is 1.71. The van der Waals surface area contributed by atoms with E-state index in [1.54, 1.807) is 11.3 Å². The van der Waals surface area contributed by atoms with Crippen LogP contribution in [0.15, 0.2) is 29.6 Å². The molecule has 0 bridgehead atoms. The highest BCUT2D eigenvalue weighted by Crippen LogP contribution is 2.25. The molecule has 1 saturated heterocycles. The van der Waals surface area contributed by atoms with Crippen LogP contribution in [0.3, 0.4) is 0 Å². The van der Waals surface area contributed by atoms with Crippen molar-refractivity contribution in [2.24, 2.45) is 0 Å². The quantitative estimate of drug-likeness (QED) is 0.855. The first kappa shape index (κ1) is 11.2.